The average Bonchev–Trinajstić information content (AvgIpc) is 1.82. The van der Waals surface area contributed by atoms with E-state index < -0.39 is 0 Å². The molecule has 0 aromatic heterocycles. The highest BCUT2D eigenvalue weighted by atomic mass is 32.1. The van der Waals surface area contributed by atoms with E-state index in [2.05, 4.69) is 26.1 Å². The van der Waals surface area contributed by atoms with Gasteiger partial charge < -0.3 is 15.8 Å². The van der Waals surface area contributed by atoms with Crippen LogP contribution in [0.25, 0.3) is 0 Å². The third-order valence-corrected chi connectivity index (χ3v) is 1.50. The second kappa shape index (κ2) is 4.62. The molecule has 4 heteroatoms. The Morgan fingerprint density at radius 1 is 1.58 bits per heavy atom. The molecule has 0 aromatic carbocycles. The quantitative estimate of drug-likeness (QED) is 0.519. The number of methoxy groups -OCH3 is 1. The number of hydrogen-bond acceptors (Lipinski definition) is 2. The van der Waals surface area contributed by atoms with Gasteiger partial charge in [-0.25, -0.2) is 0 Å². The lowest BCUT2D eigenvalue weighted by atomic mass is 9.91. The van der Waals surface area contributed by atoms with Crippen LogP contribution in [0.4, 0.5) is 0 Å². The molecule has 1 unspecified atom stereocenters. The third-order valence-electron chi connectivity index (χ3n) is 1.39. The van der Waals surface area contributed by atoms with Gasteiger partial charge in [0.1, 0.15) is 6.23 Å². The highest BCUT2D eigenvalue weighted by molar-refractivity contribution is 7.80. The van der Waals surface area contributed by atoms with Crippen LogP contribution < -0.4 is 11.1 Å². The molecule has 0 aliphatic rings. The first-order valence-electron chi connectivity index (χ1n) is 3.94. The summed E-state index contributed by atoms with van der Waals surface area (Å²) in [5.74, 6) is 0. The Hall–Kier alpha value is -0.350. The number of hydrogen-bond donors (Lipinski definition) is 2. The molecule has 0 aliphatic carbocycles. The summed E-state index contributed by atoms with van der Waals surface area (Å²) in [4.78, 5) is 0. The normalized spacial score (nSPS) is 14.0. The van der Waals surface area contributed by atoms with E-state index in [0.29, 0.717) is 0 Å². The van der Waals surface area contributed by atoms with Crippen LogP contribution in [-0.2, 0) is 4.74 Å². The molecule has 3 N–H and O–H groups in total. The van der Waals surface area contributed by atoms with E-state index in [4.69, 9.17) is 22.7 Å². The van der Waals surface area contributed by atoms with Gasteiger partial charge >= 0.3 is 0 Å². The lowest BCUT2D eigenvalue weighted by molar-refractivity contribution is 0.0557. The van der Waals surface area contributed by atoms with Crippen LogP contribution >= 0.6 is 12.2 Å². The largest absolute Gasteiger partial charge is 0.376 e. The molecule has 0 saturated carbocycles. The van der Waals surface area contributed by atoms with Crippen molar-refractivity contribution in [3.63, 3.8) is 0 Å². The number of thiocarbonyl (C=S) groups is 1. The summed E-state index contributed by atoms with van der Waals surface area (Å²) in [6, 6.07) is 0. The van der Waals surface area contributed by atoms with Crippen molar-refractivity contribution in [2.45, 2.75) is 33.4 Å². The molecular weight excluding hydrogens is 172 g/mol. The molecule has 0 bridgehead atoms. The van der Waals surface area contributed by atoms with Crippen molar-refractivity contribution in [1.29, 1.82) is 0 Å². The van der Waals surface area contributed by atoms with Gasteiger partial charge in [0.05, 0.1) is 0 Å². The van der Waals surface area contributed by atoms with Crippen LogP contribution in [0.1, 0.15) is 27.2 Å². The van der Waals surface area contributed by atoms with Gasteiger partial charge in [-0.05, 0) is 24.1 Å². The van der Waals surface area contributed by atoms with E-state index in [1.165, 1.54) is 0 Å². The molecule has 0 fully saturated rings. The summed E-state index contributed by atoms with van der Waals surface area (Å²) in [5, 5.41) is 3.16. The fraction of sp³-hybridized carbons (Fsp3) is 0.875. The van der Waals surface area contributed by atoms with E-state index in [1.807, 2.05) is 0 Å². The Morgan fingerprint density at radius 3 is 2.33 bits per heavy atom. The standard InChI is InChI=1S/C8H18N2OS/c1-8(2,3)5-6(11-4)10-7(9)12/h6H,5H2,1-4H3,(H3,9,10,12). The van der Waals surface area contributed by atoms with E-state index in [0.717, 1.165) is 6.42 Å². The molecule has 0 heterocycles. The molecule has 3 nitrogen and oxygen atoms in total. The van der Waals surface area contributed by atoms with Gasteiger partial charge in [-0.1, -0.05) is 20.8 Å². The Balaban J connectivity index is 3.92. The summed E-state index contributed by atoms with van der Waals surface area (Å²) >= 11 is 4.71. The van der Waals surface area contributed by atoms with Crippen molar-refractivity contribution >= 4 is 17.3 Å². The topological polar surface area (TPSA) is 47.3 Å². The maximum Gasteiger partial charge on any atom is 0.165 e. The van der Waals surface area contributed by atoms with Crippen LogP contribution in [0.3, 0.4) is 0 Å². The van der Waals surface area contributed by atoms with Gasteiger partial charge in [0, 0.05) is 7.11 Å². The lowest BCUT2D eigenvalue weighted by Crippen LogP contribution is -2.41. The van der Waals surface area contributed by atoms with Crippen LogP contribution in [0, 0.1) is 5.41 Å². The predicted octanol–water partition coefficient (Wildman–Crippen LogP) is 1.23. The minimum absolute atomic E-state index is 0.0810. The van der Waals surface area contributed by atoms with Crippen molar-refractivity contribution in [1.82, 2.24) is 5.32 Å². The van der Waals surface area contributed by atoms with Crippen molar-refractivity contribution in [2.24, 2.45) is 11.1 Å². The molecule has 0 radical (unpaired) electrons. The Kier molecular flexibility index (Phi) is 4.49. The van der Waals surface area contributed by atoms with E-state index in [-0.39, 0.29) is 16.8 Å². The molecule has 0 spiro atoms. The molecule has 0 saturated heterocycles. The van der Waals surface area contributed by atoms with Crippen molar-refractivity contribution < 1.29 is 4.74 Å². The Bertz CT molecular complexity index is 154. The highest BCUT2D eigenvalue weighted by Crippen LogP contribution is 2.20. The van der Waals surface area contributed by atoms with Gasteiger partial charge in [-0.3, -0.25) is 0 Å². The molecule has 1 atom stereocenters. The van der Waals surface area contributed by atoms with Crippen molar-refractivity contribution in [3.8, 4) is 0 Å². The summed E-state index contributed by atoms with van der Waals surface area (Å²) < 4.78 is 5.16. The van der Waals surface area contributed by atoms with Gasteiger partial charge in [-0.15, -0.1) is 0 Å². The van der Waals surface area contributed by atoms with Gasteiger partial charge in [0.2, 0.25) is 0 Å². The minimum atomic E-state index is -0.0810. The number of nitrogens with two attached hydrogens (primary N) is 1. The zero-order valence-electron chi connectivity index (χ0n) is 8.18. The second-order valence-corrected chi connectivity index (χ2v) is 4.44. The zero-order chi connectivity index (χ0) is 9.78. The monoisotopic (exact) mass is 190 g/mol. The van der Waals surface area contributed by atoms with E-state index >= 15 is 0 Å². The summed E-state index contributed by atoms with van der Waals surface area (Å²) in [7, 11) is 1.64. The smallest absolute Gasteiger partial charge is 0.165 e. The first-order chi connectivity index (χ1) is 5.35. The first-order valence-corrected chi connectivity index (χ1v) is 4.35. The fourth-order valence-electron chi connectivity index (χ4n) is 0.908. The van der Waals surface area contributed by atoms with E-state index in [9.17, 15) is 0 Å². The van der Waals surface area contributed by atoms with Crippen molar-refractivity contribution in [2.75, 3.05) is 7.11 Å². The Morgan fingerprint density at radius 2 is 2.08 bits per heavy atom. The fourth-order valence-corrected chi connectivity index (χ4v) is 1.04. The summed E-state index contributed by atoms with van der Waals surface area (Å²) in [6.07, 6.45) is 0.795. The van der Waals surface area contributed by atoms with Gasteiger partial charge in [-0.2, -0.15) is 0 Å². The molecule has 72 valence electrons. The molecule has 12 heavy (non-hydrogen) atoms. The second-order valence-electron chi connectivity index (χ2n) is 4.00. The molecule has 0 aliphatic heterocycles. The Labute approximate surface area is 79.7 Å². The van der Waals surface area contributed by atoms with Crippen LogP contribution in [0.15, 0.2) is 0 Å². The van der Waals surface area contributed by atoms with Gasteiger partial charge in [0.15, 0.2) is 5.11 Å². The zero-order valence-corrected chi connectivity index (χ0v) is 8.99. The number of rotatable bonds is 3. The predicted molar refractivity (Wildman–Crippen MR) is 54.8 cm³/mol. The van der Waals surface area contributed by atoms with E-state index in [1.54, 1.807) is 7.11 Å². The lowest BCUT2D eigenvalue weighted by Gasteiger charge is -2.25. The number of ether oxygens (including phenoxy) is 1. The summed E-state index contributed by atoms with van der Waals surface area (Å²) in [6.45, 7) is 6.42. The maximum absolute atomic E-state index is 5.33. The first kappa shape index (κ1) is 11.6. The molecule has 0 rings (SSSR count). The van der Waals surface area contributed by atoms with Crippen LogP contribution in [-0.4, -0.2) is 18.5 Å². The maximum atomic E-state index is 5.33. The SMILES string of the molecule is COC(CC(C)(C)C)NC(N)=S. The highest BCUT2D eigenvalue weighted by Gasteiger charge is 2.17. The molecular formula is C8H18N2OS. The van der Waals surface area contributed by atoms with Crippen LogP contribution in [0.2, 0.25) is 0 Å². The summed E-state index contributed by atoms with van der Waals surface area (Å²) in [5.41, 5.74) is 5.53. The number of nitrogens with one attached hydrogen (secondary N) is 1. The van der Waals surface area contributed by atoms with Crippen molar-refractivity contribution in [3.05, 3.63) is 0 Å². The molecule has 0 aromatic rings. The molecule has 0 amide bonds. The van der Waals surface area contributed by atoms with Crippen LogP contribution in [0.5, 0.6) is 0 Å². The minimum Gasteiger partial charge on any atom is -0.376 e. The third kappa shape index (κ3) is 6.37. The average molecular weight is 190 g/mol. The van der Waals surface area contributed by atoms with Gasteiger partial charge in [0.25, 0.3) is 0 Å².